The number of alkyl carbamates (subject to hydrolysis) is 1. The maximum atomic E-state index is 12.6. The van der Waals surface area contributed by atoms with Crippen LogP contribution in [0, 0.1) is 0 Å². The summed E-state index contributed by atoms with van der Waals surface area (Å²) in [6.07, 6.45) is -0.655. The maximum Gasteiger partial charge on any atom is 0.407 e. The maximum absolute atomic E-state index is 12.6. The highest BCUT2D eigenvalue weighted by Crippen LogP contribution is 2.44. The minimum atomic E-state index is -1.13. The minimum absolute atomic E-state index is 0.0872. The van der Waals surface area contributed by atoms with Gasteiger partial charge in [0.2, 0.25) is 0 Å². The lowest BCUT2D eigenvalue weighted by Gasteiger charge is -2.17. The third kappa shape index (κ3) is 4.64. The van der Waals surface area contributed by atoms with E-state index in [1.54, 1.807) is 0 Å². The monoisotopic (exact) mass is 486 g/mol. The van der Waals surface area contributed by atoms with Crippen molar-refractivity contribution in [2.45, 2.75) is 38.1 Å². The summed E-state index contributed by atoms with van der Waals surface area (Å²) >= 11 is 1.45. The van der Waals surface area contributed by atoms with Crippen molar-refractivity contribution in [2.24, 2.45) is 0 Å². The third-order valence-corrected chi connectivity index (χ3v) is 7.48. The summed E-state index contributed by atoms with van der Waals surface area (Å²) < 4.78 is 6.54. The Morgan fingerprint density at radius 3 is 2.31 bits per heavy atom. The minimum Gasteiger partial charge on any atom is -0.480 e. The van der Waals surface area contributed by atoms with E-state index in [2.05, 4.69) is 42.3 Å². The van der Waals surface area contributed by atoms with Gasteiger partial charge in [-0.1, -0.05) is 68.4 Å². The van der Waals surface area contributed by atoms with E-state index in [0.29, 0.717) is 10.9 Å². The van der Waals surface area contributed by atoms with Crippen LogP contribution in [0.4, 0.5) is 4.79 Å². The first-order chi connectivity index (χ1) is 16.9. The van der Waals surface area contributed by atoms with Gasteiger partial charge >= 0.3 is 12.1 Å². The van der Waals surface area contributed by atoms with Crippen molar-refractivity contribution < 1.29 is 19.4 Å². The van der Waals surface area contributed by atoms with Gasteiger partial charge in [-0.15, -0.1) is 11.3 Å². The molecule has 1 aromatic heterocycles. The van der Waals surface area contributed by atoms with E-state index < -0.39 is 18.1 Å². The summed E-state index contributed by atoms with van der Waals surface area (Å²) in [4.78, 5) is 29.1. The quantitative estimate of drug-likeness (QED) is 0.337. The number of rotatable bonds is 7. The normalized spacial score (nSPS) is 13.5. The number of carboxylic acids is 1. The molecule has 1 amide bonds. The Hall–Kier alpha value is -3.71. The van der Waals surface area contributed by atoms with Crippen molar-refractivity contribution in [2.75, 3.05) is 6.61 Å². The standard InChI is InChI=1S/C28H26N2O4S/c1-16(2)17-11-12-23-25(13-17)35-26(29-23)14-24(27(31)32)30-28(33)34-15-22-20-9-5-3-7-18(20)19-8-4-6-10-21(19)22/h3-13,16,22,24H,14-15H2,1-2H3,(H,30,33)(H,31,32)/t24-/m0/s1. The summed E-state index contributed by atoms with van der Waals surface area (Å²) in [5.41, 5.74) is 6.52. The fourth-order valence-electron chi connectivity index (χ4n) is 4.59. The third-order valence-electron chi connectivity index (χ3n) is 6.44. The van der Waals surface area contributed by atoms with E-state index in [4.69, 9.17) is 4.74 Å². The molecule has 1 heterocycles. The smallest absolute Gasteiger partial charge is 0.407 e. The zero-order chi connectivity index (χ0) is 24.5. The SMILES string of the molecule is CC(C)c1ccc2nc(C[C@H](NC(=O)OCC3c4ccccc4-c4ccccc43)C(=O)O)sc2c1. The lowest BCUT2D eigenvalue weighted by atomic mass is 9.98. The topological polar surface area (TPSA) is 88.5 Å². The molecule has 0 saturated carbocycles. The first-order valence-electron chi connectivity index (χ1n) is 11.6. The van der Waals surface area contributed by atoms with Crippen LogP contribution >= 0.6 is 11.3 Å². The molecule has 0 spiro atoms. The van der Waals surface area contributed by atoms with E-state index in [-0.39, 0.29) is 18.9 Å². The van der Waals surface area contributed by atoms with Gasteiger partial charge in [-0.25, -0.2) is 14.6 Å². The van der Waals surface area contributed by atoms with E-state index in [1.165, 1.54) is 16.9 Å². The highest BCUT2D eigenvalue weighted by atomic mass is 32.1. The predicted molar refractivity (Wildman–Crippen MR) is 137 cm³/mol. The van der Waals surface area contributed by atoms with Crippen molar-refractivity contribution in [3.05, 3.63) is 88.4 Å². The summed E-state index contributed by atoms with van der Waals surface area (Å²) in [6, 6.07) is 21.1. The first-order valence-corrected chi connectivity index (χ1v) is 12.5. The molecule has 1 atom stereocenters. The van der Waals surface area contributed by atoms with Gasteiger partial charge in [0.25, 0.3) is 0 Å². The van der Waals surface area contributed by atoms with Gasteiger partial charge in [-0.05, 0) is 45.9 Å². The van der Waals surface area contributed by atoms with Gasteiger partial charge in [-0.2, -0.15) is 0 Å². The zero-order valence-corrected chi connectivity index (χ0v) is 20.3. The van der Waals surface area contributed by atoms with Crippen LogP contribution in [-0.2, 0) is 16.0 Å². The lowest BCUT2D eigenvalue weighted by molar-refractivity contribution is -0.139. The number of ether oxygens (including phenoxy) is 1. The van der Waals surface area contributed by atoms with Gasteiger partial charge in [0.1, 0.15) is 12.6 Å². The number of hydrogen-bond acceptors (Lipinski definition) is 5. The van der Waals surface area contributed by atoms with Crippen LogP contribution < -0.4 is 5.32 Å². The second-order valence-electron chi connectivity index (χ2n) is 9.05. The highest BCUT2D eigenvalue weighted by Gasteiger charge is 2.30. The molecule has 0 aliphatic heterocycles. The highest BCUT2D eigenvalue weighted by molar-refractivity contribution is 7.18. The molecule has 0 saturated heterocycles. The molecule has 1 aliphatic carbocycles. The number of aromatic nitrogens is 1. The number of thiazole rings is 1. The number of carboxylic acid groups (broad SMARTS) is 1. The van der Waals surface area contributed by atoms with Crippen LogP contribution in [0.5, 0.6) is 0 Å². The molecular formula is C28H26N2O4S. The fourth-order valence-corrected chi connectivity index (χ4v) is 5.65. The van der Waals surface area contributed by atoms with Crippen LogP contribution in [0.15, 0.2) is 66.7 Å². The second kappa shape index (κ2) is 9.50. The summed E-state index contributed by atoms with van der Waals surface area (Å²) in [6.45, 7) is 4.38. The average Bonchev–Trinajstić information content (AvgIpc) is 3.40. The Morgan fingerprint density at radius 2 is 1.69 bits per heavy atom. The van der Waals surface area contributed by atoms with Gasteiger partial charge in [0.15, 0.2) is 0 Å². The number of carbonyl (C=O) groups excluding carboxylic acids is 1. The molecule has 0 unspecified atom stereocenters. The molecular weight excluding hydrogens is 460 g/mol. The van der Waals surface area contributed by atoms with Crippen molar-refractivity contribution >= 4 is 33.6 Å². The zero-order valence-electron chi connectivity index (χ0n) is 19.5. The van der Waals surface area contributed by atoms with E-state index in [1.807, 2.05) is 48.5 Å². The molecule has 5 rings (SSSR count). The van der Waals surface area contributed by atoms with E-state index in [0.717, 1.165) is 32.5 Å². The largest absolute Gasteiger partial charge is 0.480 e. The number of hydrogen-bond donors (Lipinski definition) is 2. The van der Waals surface area contributed by atoms with Crippen LogP contribution in [0.25, 0.3) is 21.3 Å². The molecule has 178 valence electrons. The van der Waals surface area contributed by atoms with Crippen molar-refractivity contribution in [3.63, 3.8) is 0 Å². The first kappa shape index (κ1) is 23.1. The van der Waals surface area contributed by atoms with E-state index >= 15 is 0 Å². The number of aliphatic carboxylic acids is 1. The molecule has 2 N–H and O–H groups in total. The van der Waals surface area contributed by atoms with Crippen molar-refractivity contribution in [3.8, 4) is 11.1 Å². The number of fused-ring (bicyclic) bond motifs is 4. The average molecular weight is 487 g/mol. The number of nitrogens with zero attached hydrogens (tertiary/aromatic N) is 1. The van der Waals surface area contributed by atoms with Crippen LogP contribution in [0.1, 0.15) is 47.4 Å². The number of amides is 1. The fraction of sp³-hybridized carbons (Fsp3) is 0.250. The van der Waals surface area contributed by atoms with Gasteiger partial charge in [-0.3, -0.25) is 0 Å². The van der Waals surface area contributed by atoms with Crippen molar-refractivity contribution in [1.29, 1.82) is 0 Å². The Morgan fingerprint density at radius 1 is 1.03 bits per heavy atom. The van der Waals surface area contributed by atoms with Gasteiger partial charge in [0.05, 0.1) is 15.2 Å². The number of benzene rings is 3. The molecule has 7 heteroatoms. The van der Waals surface area contributed by atoms with Crippen LogP contribution in [-0.4, -0.2) is 34.8 Å². The molecule has 6 nitrogen and oxygen atoms in total. The molecule has 0 radical (unpaired) electrons. The Labute approximate surface area is 207 Å². The van der Waals surface area contributed by atoms with Crippen LogP contribution in [0.2, 0.25) is 0 Å². The van der Waals surface area contributed by atoms with E-state index in [9.17, 15) is 14.7 Å². The molecule has 0 fully saturated rings. The van der Waals surface area contributed by atoms with Crippen LogP contribution in [0.3, 0.4) is 0 Å². The number of carbonyl (C=O) groups is 2. The van der Waals surface area contributed by atoms with Gasteiger partial charge < -0.3 is 15.2 Å². The Balaban J connectivity index is 1.26. The Bertz CT molecular complexity index is 1370. The predicted octanol–water partition coefficient (Wildman–Crippen LogP) is 5.95. The molecule has 4 aromatic rings. The second-order valence-corrected chi connectivity index (χ2v) is 10.2. The molecule has 3 aromatic carbocycles. The molecule has 0 bridgehead atoms. The molecule has 35 heavy (non-hydrogen) atoms. The Kier molecular flexibility index (Phi) is 6.26. The summed E-state index contributed by atoms with van der Waals surface area (Å²) in [7, 11) is 0. The summed E-state index contributed by atoms with van der Waals surface area (Å²) in [5.74, 6) is -0.816. The lowest BCUT2D eigenvalue weighted by Crippen LogP contribution is -2.42. The number of nitrogens with one attached hydrogen (secondary N) is 1. The summed E-state index contributed by atoms with van der Waals surface area (Å²) in [5, 5.41) is 12.9. The van der Waals surface area contributed by atoms with Crippen molar-refractivity contribution in [1.82, 2.24) is 10.3 Å². The molecule has 1 aliphatic rings. The van der Waals surface area contributed by atoms with Gasteiger partial charge in [0, 0.05) is 12.3 Å².